The Balaban J connectivity index is 2.38. The Hall–Kier alpha value is -1.15. The fourth-order valence-corrected chi connectivity index (χ4v) is 4.43. The summed E-state index contributed by atoms with van der Waals surface area (Å²) in [6, 6.07) is 3.95. The third-order valence-corrected chi connectivity index (χ3v) is 5.69. The van der Waals surface area contributed by atoms with E-state index in [0.717, 1.165) is 5.56 Å². The summed E-state index contributed by atoms with van der Waals surface area (Å²) in [4.78, 5) is 10.9. The number of carboxylic acids is 1. The van der Waals surface area contributed by atoms with Crippen LogP contribution in [0.2, 0.25) is 5.02 Å². The van der Waals surface area contributed by atoms with Crippen molar-refractivity contribution in [3.05, 3.63) is 28.8 Å². The number of benzene rings is 1. The molecular weight excluding hydrogens is 318 g/mol. The van der Waals surface area contributed by atoms with Gasteiger partial charge in [0, 0.05) is 6.54 Å². The lowest BCUT2D eigenvalue weighted by Gasteiger charge is -2.33. The van der Waals surface area contributed by atoms with Crippen LogP contribution in [0, 0.1) is 6.92 Å². The molecule has 0 amide bonds. The maximum absolute atomic E-state index is 12.7. The molecule has 1 atom stereocenters. The van der Waals surface area contributed by atoms with Crippen molar-refractivity contribution in [1.82, 2.24) is 4.31 Å². The van der Waals surface area contributed by atoms with Crippen molar-refractivity contribution in [3.63, 3.8) is 0 Å². The number of rotatable bonds is 4. The number of carbonyl (C=O) groups is 1. The van der Waals surface area contributed by atoms with Gasteiger partial charge in [0.25, 0.3) is 0 Å². The predicted molar refractivity (Wildman–Crippen MR) is 76.9 cm³/mol. The van der Waals surface area contributed by atoms with Gasteiger partial charge in [-0.2, -0.15) is 4.31 Å². The molecule has 2 rings (SSSR count). The molecule has 1 aromatic rings. The lowest BCUT2D eigenvalue weighted by atomic mass is 10.2. The van der Waals surface area contributed by atoms with Gasteiger partial charge in [0.05, 0.1) is 30.7 Å². The molecular formula is C13H16ClNO5S. The molecule has 1 heterocycles. The Labute approximate surface area is 128 Å². The van der Waals surface area contributed by atoms with Gasteiger partial charge in [0.1, 0.15) is 4.90 Å². The zero-order chi connectivity index (χ0) is 15.6. The Morgan fingerprint density at radius 3 is 2.86 bits per heavy atom. The summed E-state index contributed by atoms with van der Waals surface area (Å²) >= 11 is 6.03. The first-order valence-corrected chi connectivity index (χ1v) is 8.21. The molecule has 0 aromatic heterocycles. The highest BCUT2D eigenvalue weighted by molar-refractivity contribution is 7.89. The average molecular weight is 334 g/mol. The normalized spacial score (nSPS) is 20.4. The number of hydrogen-bond donors (Lipinski definition) is 1. The third-order valence-electron chi connectivity index (χ3n) is 3.26. The monoisotopic (exact) mass is 333 g/mol. The van der Waals surface area contributed by atoms with Gasteiger partial charge >= 0.3 is 5.97 Å². The molecule has 1 saturated heterocycles. The predicted octanol–water partition coefficient (Wildman–Crippen LogP) is 1.51. The van der Waals surface area contributed by atoms with E-state index >= 15 is 0 Å². The number of carboxylic acid groups (broad SMARTS) is 1. The number of ether oxygens (including phenoxy) is 1. The summed E-state index contributed by atoms with van der Waals surface area (Å²) in [5.41, 5.74) is 0.850. The summed E-state index contributed by atoms with van der Waals surface area (Å²) in [6.07, 6.45) is -0.303. The van der Waals surface area contributed by atoms with Crippen LogP contribution in [0.4, 0.5) is 0 Å². The van der Waals surface area contributed by atoms with Crippen molar-refractivity contribution in [2.75, 3.05) is 19.8 Å². The van der Waals surface area contributed by atoms with Gasteiger partial charge in [0.15, 0.2) is 0 Å². The Kier molecular flexibility index (Phi) is 4.88. The molecule has 1 aliphatic heterocycles. The maximum atomic E-state index is 12.7. The van der Waals surface area contributed by atoms with Crippen molar-refractivity contribution < 1.29 is 23.1 Å². The molecule has 1 fully saturated rings. The first-order valence-electron chi connectivity index (χ1n) is 6.40. The fraction of sp³-hybridized carbons (Fsp3) is 0.462. The molecule has 1 unspecified atom stereocenters. The molecule has 0 radical (unpaired) electrons. The SMILES string of the molecule is Cc1ccc(S(=O)(=O)N2CCOCC2CC(=O)O)c(Cl)c1. The Morgan fingerprint density at radius 2 is 2.24 bits per heavy atom. The van der Waals surface area contributed by atoms with Gasteiger partial charge in [-0.25, -0.2) is 8.42 Å². The van der Waals surface area contributed by atoms with Gasteiger partial charge in [-0.05, 0) is 24.6 Å². The number of aryl methyl sites for hydroxylation is 1. The molecule has 6 nitrogen and oxygen atoms in total. The van der Waals surface area contributed by atoms with Gasteiger partial charge in [-0.1, -0.05) is 17.7 Å². The smallest absolute Gasteiger partial charge is 0.305 e. The largest absolute Gasteiger partial charge is 0.481 e. The van der Waals surface area contributed by atoms with Crippen LogP contribution in [-0.2, 0) is 19.6 Å². The minimum atomic E-state index is -3.85. The lowest BCUT2D eigenvalue weighted by molar-refractivity contribution is -0.139. The number of morpholine rings is 1. The van der Waals surface area contributed by atoms with E-state index in [4.69, 9.17) is 21.4 Å². The summed E-state index contributed by atoms with van der Waals surface area (Å²) in [6.45, 7) is 2.22. The van der Waals surface area contributed by atoms with Gasteiger partial charge in [-0.3, -0.25) is 4.79 Å². The van der Waals surface area contributed by atoms with Gasteiger partial charge in [-0.15, -0.1) is 0 Å². The molecule has 1 N–H and O–H groups in total. The van der Waals surface area contributed by atoms with Crippen molar-refractivity contribution >= 4 is 27.6 Å². The first-order chi connectivity index (χ1) is 9.82. The molecule has 0 aliphatic carbocycles. The number of sulfonamides is 1. The second kappa shape index (κ2) is 6.31. The minimum Gasteiger partial charge on any atom is -0.481 e. The Morgan fingerprint density at radius 1 is 1.52 bits per heavy atom. The average Bonchev–Trinajstić information content (AvgIpc) is 2.37. The van der Waals surface area contributed by atoms with Crippen LogP contribution >= 0.6 is 11.6 Å². The highest BCUT2D eigenvalue weighted by atomic mass is 35.5. The molecule has 8 heteroatoms. The summed E-state index contributed by atoms with van der Waals surface area (Å²) < 4.78 is 31.8. The van der Waals surface area contributed by atoms with E-state index in [9.17, 15) is 13.2 Å². The molecule has 1 aromatic carbocycles. The van der Waals surface area contributed by atoms with Crippen LogP contribution in [0.3, 0.4) is 0 Å². The molecule has 0 saturated carbocycles. The quantitative estimate of drug-likeness (QED) is 0.903. The summed E-state index contributed by atoms with van der Waals surface area (Å²) in [5.74, 6) is -1.07. The molecule has 0 bridgehead atoms. The lowest BCUT2D eigenvalue weighted by Crippen LogP contribution is -2.49. The van der Waals surface area contributed by atoms with Crippen molar-refractivity contribution in [2.45, 2.75) is 24.3 Å². The van der Waals surface area contributed by atoms with E-state index in [1.165, 1.54) is 10.4 Å². The number of halogens is 1. The highest BCUT2D eigenvalue weighted by Crippen LogP contribution is 2.28. The number of hydrogen-bond acceptors (Lipinski definition) is 4. The standard InChI is InChI=1S/C13H16ClNO5S/c1-9-2-3-12(11(14)6-9)21(18,19)15-4-5-20-8-10(15)7-13(16)17/h2-3,6,10H,4-5,7-8H2,1H3,(H,16,17). The molecule has 21 heavy (non-hydrogen) atoms. The Bertz CT molecular complexity index is 646. The number of nitrogens with zero attached hydrogens (tertiary/aromatic N) is 1. The van der Waals surface area contributed by atoms with E-state index in [1.807, 2.05) is 6.92 Å². The molecule has 116 valence electrons. The first kappa shape index (κ1) is 16.2. The maximum Gasteiger partial charge on any atom is 0.305 e. The van der Waals surface area contributed by atoms with Crippen LogP contribution in [0.5, 0.6) is 0 Å². The van der Waals surface area contributed by atoms with E-state index in [1.54, 1.807) is 12.1 Å². The highest BCUT2D eigenvalue weighted by Gasteiger charge is 2.36. The van der Waals surface area contributed by atoms with E-state index in [2.05, 4.69) is 0 Å². The van der Waals surface area contributed by atoms with Crippen LogP contribution in [0.25, 0.3) is 0 Å². The summed E-state index contributed by atoms with van der Waals surface area (Å²) in [5, 5.41) is 9.04. The van der Waals surface area contributed by atoms with Crippen LogP contribution in [-0.4, -0.2) is 49.6 Å². The topological polar surface area (TPSA) is 83.9 Å². The third kappa shape index (κ3) is 3.55. The van der Waals surface area contributed by atoms with Gasteiger partial charge < -0.3 is 9.84 Å². The van der Waals surface area contributed by atoms with Crippen LogP contribution in [0.1, 0.15) is 12.0 Å². The second-order valence-corrected chi connectivity index (χ2v) is 7.14. The van der Waals surface area contributed by atoms with E-state index in [-0.39, 0.29) is 36.1 Å². The second-order valence-electron chi connectivity index (χ2n) is 4.88. The van der Waals surface area contributed by atoms with Crippen molar-refractivity contribution in [2.24, 2.45) is 0 Å². The van der Waals surface area contributed by atoms with Gasteiger partial charge in [0.2, 0.25) is 10.0 Å². The summed E-state index contributed by atoms with van der Waals surface area (Å²) in [7, 11) is -3.85. The van der Waals surface area contributed by atoms with E-state index < -0.39 is 22.0 Å². The zero-order valence-electron chi connectivity index (χ0n) is 11.5. The molecule has 1 aliphatic rings. The zero-order valence-corrected chi connectivity index (χ0v) is 13.0. The van der Waals surface area contributed by atoms with E-state index in [0.29, 0.717) is 0 Å². The fourth-order valence-electron chi connectivity index (χ4n) is 2.26. The van der Waals surface area contributed by atoms with Crippen LogP contribution < -0.4 is 0 Å². The van der Waals surface area contributed by atoms with Crippen molar-refractivity contribution in [3.8, 4) is 0 Å². The number of aliphatic carboxylic acids is 1. The minimum absolute atomic E-state index is 0.00736. The van der Waals surface area contributed by atoms with Crippen LogP contribution in [0.15, 0.2) is 23.1 Å². The molecule has 0 spiro atoms. The van der Waals surface area contributed by atoms with Crippen molar-refractivity contribution in [1.29, 1.82) is 0 Å².